The number of carbonyl (C=O) groups is 2. The summed E-state index contributed by atoms with van der Waals surface area (Å²) in [6.07, 6.45) is 0.494. The molecule has 2 heterocycles. The molecule has 14 heavy (non-hydrogen) atoms. The Morgan fingerprint density at radius 1 is 1.64 bits per heavy atom. The molecule has 7 nitrogen and oxygen atoms in total. The number of rotatable bonds is 2. The molecular weight excluding hydrogens is 190 g/mol. The van der Waals surface area contributed by atoms with Gasteiger partial charge in [-0.2, -0.15) is 9.78 Å². The molecular formula is C7H7N3O4. The van der Waals surface area contributed by atoms with Gasteiger partial charge in [-0.1, -0.05) is 0 Å². The van der Waals surface area contributed by atoms with Crippen molar-refractivity contribution in [2.75, 3.05) is 13.3 Å². The molecule has 1 aliphatic heterocycles. The standard InChI is InChI=1S/C7H7N3O4/c8-1-5(12)10-7-6(13-3-14-7)4(2-11)9-10/h2H,1,3,8H2. The van der Waals surface area contributed by atoms with Gasteiger partial charge in [-0.3, -0.25) is 9.59 Å². The number of carbonyl (C=O) groups excluding carboxylic acids is 2. The number of nitrogens with two attached hydrogens (primary N) is 1. The number of fused-ring (bicyclic) bond motifs is 1. The van der Waals surface area contributed by atoms with E-state index in [1.54, 1.807) is 0 Å². The summed E-state index contributed by atoms with van der Waals surface area (Å²) >= 11 is 0. The van der Waals surface area contributed by atoms with Crippen LogP contribution >= 0.6 is 0 Å². The molecule has 2 N–H and O–H groups in total. The minimum Gasteiger partial charge on any atom is -0.449 e. The molecule has 0 amide bonds. The predicted molar refractivity (Wildman–Crippen MR) is 43.4 cm³/mol. The van der Waals surface area contributed by atoms with Crippen molar-refractivity contribution >= 4 is 12.2 Å². The fourth-order valence-corrected chi connectivity index (χ4v) is 1.14. The van der Waals surface area contributed by atoms with Gasteiger partial charge in [-0.05, 0) is 0 Å². The van der Waals surface area contributed by atoms with Gasteiger partial charge in [0.25, 0.3) is 11.8 Å². The zero-order valence-electron chi connectivity index (χ0n) is 7.10. The number of nitrogens with zero attached hydrogens (tertiary/aromatic N) is 2. The van der Waals surface area contributed by atoms with Crippen LogP contribution in [0.3, 0.4) is 0 Å². The largest absolute Gasteiger partial charge is 0.449 e. The maximum atomic E-state index is 11.2. The minimum absolute atomic E-state index is 0.0219. The molecule has 1 aromatic rings. The van der Waals surface area contributed by atoms with E-state index in [0.29, 0.717) is 6.29 Å². The Kier molecular flexibility index (Phi) is 1.93. The summed E-state index contributed by atoms with van der Waals surface area (Å²) in [5.41, 5.74) is 5.19. The van der Waals surface area contributed by atoms with Crippen LogP contribution in [0.25, 0.3) is 0 Å². The maximum absolute atomic E-state index is 11.2. The molecule has 74 valence electrons. The van der Waals surface area contributed by atoms with Gasteiger partial charge in [-0.25, -0.2) is 0 Å². The molecule has 0 aliphatic carbocycles. The highest BCUT2D eigenvalue weighted by molar-refractivity contribution is 5.86. The Labute approximate surface area is 78.4 Å². The summed E-state index contributed by atoms with van der Waals surface area (Å²) in [7, 11) is 0. The van der Waals surface area contributed by atoms with E-state index in [9.17, 15) is 9.59 Å². The van der Waals surface area contributed by atoms with Crippen molar-refractivity contribution in [1.29, 1.82) is 0 Å². The van der Waals surface area contributed by atoms with Crippen molar-refractivity contribution in [3.05, 3.63) is 5.69 Å². The molecule has 0 radical (unpaired) electrons. The molecule has 0 unspecified atom stereocenters. The van der Waals surface area contributed by atoms with Gasteiger partial charge in [-0.15, -0.1) is 0 Å². The number of aldehydes is 1. The van der Waals surface area contributed by atoms with Crippen molar-refractivity contribution in [1.82, 2.24) is 9.78 Å². The van der Waals surface area contributed by atoms with E-state index in [2.05, 4.69) is 5.10 Å². The first-order valence-corrected chi connectivity index (χ1v) is 3.85. The molecule has 1 aromatic heterocycles. The second kappa shape index (κ2) is 3.11. The molecule has 0 atom stereocenters. The third kappa shape index (κ3) is 1.06. The zero-order valence-corrected chi connectivity index (χ0v) is 7.10. The quantitative estimate of drug-likeness (QED) is 0.612. The molecule has 7 heteroatoms. The van der Waals surface area contributed by atoms with E-state index in [-0.39, 0.29) is 30.7 Å². The highest BCUT2D eigenvalue weighted by Crippen LogP contribution is 2.34. The van der Waals surface area contributed by atoms with Crippen molar-refractivity contribution < 1.29 is 19.1 Å². The van der Waals surface area contributed by atoms with Crippen LogP contribution in [0.2, 0.25) is 0 Å². The van der Waals surface area contributed by atoms with Gasteiger partial charge in [0.1, 0.15) is 0 Å². The lowest BCUT2D eigenvalue weighted by molar-refractivity contribution is 0.0883. The van der Waals surface area contributed by atoms with Crippen LogP contribution in [0, 0.1) is 0 Å². The normalized spacial score (nSPS) is 12.9. The van der Waals surface area contributed by atoms with E-state index < -0.39 is 5.91 Å². The molecule has 0 saturated heterocycles. The lowest BCUT2D eigenvalue weighted by Crippen LogP contribution is -2.23. The van der Waals surface area contributed by atoms with Gasteiger partial charge < -0.3 is 15.2 Å². The summed E-state index contributed by atoms with van der Waals surface area (Å²) in [6, 6.07) is 0. The third-order valence-electron chi connectivity index (χ3n) is 1.75. The van der Waals surface area contributed by atoms with Gasteiger partial charge in [0.15, 0.2) is 12.0 Å². The van der Waals surface area contributed by atoms with Crippen LogP contribution in [0.5, 0.6) is 11.6 Å². The Balaban J connectivity index is 2.52. The first-order valence-electron chi connectivity index (χ1n) is 3.85. The van der Waals surface area contributed by atoms with E-state index in [1.165, 1.54) is 0 Å². The monoisotopic (exact) mass is 197 g/mol. The molecule has 1 aliphatic rings. The fourth-order valence-electron chi connectivity index (χ4n) is 1.14. The van der Waals surface area contributed by atoms with E-state index in [4.69, 9.17) is 15.2 Å². The number of hydrogen-bond donors (Lipinski definition) is 1. The maximum Gasteiger partial charge on any atom is 0.266 e. The van der Waals surface area contributed by atoms with Crippen LogP contribution in [0.15, 0.2) is 0 Å². The van der Waals surface area contributed by atoms with Crippen molar-refractivity contribution in [2.45, 2.75) is 0 Å². The average Bonchev–Trinajstić information content (AvgIpc) is 2.76. The molecule has 0 aromatic carbocycles. The van der Waals surface area contributed by atoms with E-state index in [0.717, 1.165) is 4.68 Å². The number of ether oxygens (including phenoxy) is 2. The SMILES string of the molecule is NCC(=O)n1nc(C=O)c2c1OCO2. The molecule has 2 rings (SSSR count). The highest BCUT2D eigenvalue weighted by atomic mass is 16.7. The molecule has 0 fully saturated rings. The smallest absolute Gasteiger partial charge is 0.266 e. The van der Waals surface area contributed by atoms with Crippen LogP contribution in [-0.2, 0) is 0 Å². The summed E-state index contributed by atoms with van der Waals surface area (Å²) < 4.78 is 10.9. The minimum atomic E-state index is -0.458. The lowest BCUT2D eigenvalue weighted by atomic mass is 10.4. The van der Waals surface area contributed by atoms with Crippen molar-refractivity contribution in [3.63, 3.8) is 0 Å². The van der Waals surface area contributed by atoms with Crippen LogP contribution < -0.4 is 15.2 Å². The topological polar surface area (TPSA) is 96.4 Å². The van der Waals surface area contributed by atoms with Gasteiger partial charge in [0.2, 0.25) is 12.5 Å². The Hall–Kier alpha value is -1.89. The van der Waals surface area contributed by atoms with E-state index >= 15 is 0 Å². The number of hydrogen-bond acceptors (Lipinski definition) is 6. The summed E-state index contributed by atoms with van der Waals surface area (Å²) in [6.45, 7) is -0.234. The summed E-state index contributed by atoms with van der Waals surface area (Å²) in [4.78, 5) is 21.8. The molecule has 0 bridgehead atoms. The zero-order chi connectivity index (χ0) is 10.1. The lowest BCUT2D eigenvalue weighted by Gasteiger charge is -1.99. The second-order valence-electron chi connectivity index (χ2n) is 2.55. The van der Waals surface area contributed by atoms with Crippen molar-refractivity contribution in [2.24, 2.45) is 5.73 Å². The first kappa shape index (κ1) is 8.70. The molecule has 0 spiro atoms. The number of aromatic nitrogens is 2. The van der Waals surface area contributed by atoms with Gasteiger partial charge in [0, 0.05) is 0 Å². The predicted octanol–water partition coefficient (Wildman–Crippen LogP) is -0.977. The van der Waals surface area contributed by atoms with Gasteiger partial charge in [0.05, 0.1) is 6.54 Å². The average molecular weight is 197 g/mol. The molecule has 0 saturated carbocycles. The van der Waals surface area contributed by atoms with Crippen LogP contribution in [0.1, 0.15) is 15.3 Å². The van der Waals surface area contributed by atoms with Crippen molar-refractivity contribution in [3.8, 4) is 11.6 Å². The van der Waals surface area contributed by atoms with Gasteiger partial charge >= 0.3 is 0 Å². The third-order valence-corrected chi connectivity index (χ3v) is 1.75. The van der Waals surface area contributed by atoms with Crippen LogP contribution in [-0.4, -0.2) is 35.3 Å². The Morgan fingerprint density at radius 3 is 3.07 bits per heavy atom. The van der Waals surface area contributed by atoms with Crippen LogP contribution in [0.4, 0.5) is 0 Å². The summed E-state index contributed by atoms with van der Waals surface area (Å²) in [5.74, 6) is -0.121. The highest BCUT2D eigenvalue weighted by Gasteiger charge is 2.28. The first-order chi connectivity index (χ1) is 6.77. The Morgan fingerprint density at radius 2 is 2.43 bits per heavy atom. The fraction of sp³-hybridized carbons (Fsp3) is 0.286. The Bertz CT molecular complexity index is 398. The van der Waals surface area contributed by atoms with E-state index in [1.807, 2.05) is 0 Å². The second-order valence-corrected chi connectivity index (χ2v) is 2.55. The summed E-state index contributed by atoms with van der Waals surface area (Å²) in [5, 5.41) is 3.69.